The van der Waals surface area contributed by atoms with E-state index in [2.05, 4.69) is 39.2 Å². The van der Waals surface area contributed by atoms with E-state index < -0.39 is 0 Å². The molecule has 1 aliphatic heterocycles. The zero-order valence-electron chi connectivity index (χ0n) is 14.2. The summed E-state index contributed by atoms with van der Waals surface area (Å²) in [6.45, 7) is 7.92. The molecule has 0 saturated carbocycles. The molecule has 8 heteroatoms. The SMILES string of the molecule is CSc1nnc(CCCNC(=O)C2CNCCO2)n1CC(C)C. The molecule has 1 amide bonds. The Morgan fingerprint density at radius 1 is 1.52 bits per heavy atom. The summed E-state index contributed by atoms with van der Waals surface area (Å²) in [6.07, 6.45) is 3.31. The second-order valence-electron chi connectivity index (χ2n) is 6.07. The van der Waals surface area contributed by atoms with E-state index in [0.717, 1.165) is 36.9 Å². The van der Waals surface area contributed by atoms with Gasteiger partial charge in [0, 0.05) is 32.6 Å². The predicted molar refractivity (Wildman–Crippen MR) is 90.6 cm³/mol. The Labute approximate surface area is 141 Å². The number of rotatable bonds is 8. The molecule has 0 spiro atoms. The summed E-state index contributed by atoms with van der Waals surface area (Å²) in [6, 6.07) is 0. The monoisotopic (exact) mass is 341 g/mol. The smallest absolute Gasteiger partial charge is 0.250 e. The minimum absolute atomic E-state index is 0.0364. The highest BCUT2D eigenvalue weighted by atomic mass is 32.2. The van der Waals surface area contributed by atoms with Crippen LogP contribution in [0.15, 0.2) is 5.16 Å². The third-order valence-corrected chi connectivity index (χ3v) is 4.29. The molecule has 0 bridgehead atoms. The number of nitrogens with zero attached hydrogens (tertiary/aromatic N) is 3. The van der Waals surface area contributed by atoms with Crippen molar-refractivity contribution < 1.29 is 9.53 Å². The van der Waals surface area contributed by atoms with Gasteiger partial charge < -0.3 is 19.9 Å². The molecule has 1 aromatic rings. The molecular weight excluding hydrogens is 314 g/mol. The van der Waals surface area contributed by atoms with Crippen LogP contribution in [-0.4, -0.2) is 59.3 Å². The first-order valence-corrected chi connectivity index (χ1v) is 9.40. The average Bonchev–Trinajstić information content (AvgIpc) is 2.93. The first-order chi connectivity index (χ1) is 11.1. The molecule has 1 atom stereocenters. The highest BCUT2D eigenvalue weighted by Gasteiger charge is 2.21. The van der Waals surface area contributed by atoms with Crippen LogP contribution in [0.5, 0.6) is 0 Å². The number of thioether (sulfide) groups is 1. The number of ether oxygens (including phenoxy) is 1. The molecule has 0 radical (unpaired) electrons. The normalized spacial score (nSPS) is 18.3. The van der Waals surface area contributed by atoms with Crippen molar-refractivity contribution in [2.45, 2.75) is 44.5 Å². The number of carbonyl (C=O) groups excluding carboxylic acids is 1. The van der Waals surface area contributed by atoms with Crippen LogP contribution < -0.4 is 10.6 Å². The fourth-order valence-corrected chi connectivity index (χ4v) is 3.03. The Hall–Kier alpha value is -1.12. The van der Waals surface area contributed by atoms with E-state index in [1.54, 1.807) is 11.8 Å². The average molecular weight is 341 g/mol. The van der Waals surface area contributed by atoms with Gasteiger partial charge in [0.1, 0.15) is 11.9 Å². The van der Waals surface area contributed by atoms with Crippen LogP contribution in [0.1, 0.15) is 26.1 Å². The zero-order chi connectivity index (χ0) is 16.7. The van der Waals surface area contributed by atoms with Crippen LogP contribution in [0.25, 0.3) is 0 Å². The van der Waals surface area contributed by atoms with E-state index in [0.29, 0.717) is 25.6 Å². The van der Waals surface area contributed by atoms with Crippen molar-refractivity contribution in [1.82, 2.24) is 25.4 Å². The van der Waals surface area contributed by atoms with Gasteiger partial charge in [-0.1, -0.05) is 25.6 Å². The predicted octanol–water partition coefficient (Wildman–Crippen LogP) is 0.693. The van der Waals surface area contributed by atoms with E-state index in [9.17, 15) is 4.79 Å². The molecule has 0 aromatic carbocycles. The Morgan fingerprint density at radius 3 is 3.00 bits per heavy atom. The summed E-state index contributed by atoms with van der Waals surface area (Å²) in [7, 11) is 0. The first-order valence-electron chi connectivity index (χ1n) is 8.18. The lowest BCUT2D eigenvalue weighted by Gasteiger charge is -2.22. The van der Waals surface area contributed by atoms with E-state index >= 15 is 0 Å². The van der Waals surface area contributed by atoms with E-state index in [-0.39, 0.29) is 12.0 Å². The number of hydrogen-bond donors (Lipinski definition) is 2. The molecule has 2 N–H and O–H groups in total. The second kappa shape index (κ2) is 9.24. The van der Waals surface area contributed by atoms with Crippen molar-refractivity contribution in [3.8, 4) is 0 Å². The quantitative estimate of drug-likeness (QED) is 0.535. The lowest BCUT2D eigenvalue weighted by atomic mass is 10.2. The number of aromatic nitrogens is 3. The lowest BCUT2D eigenvalue weighted by Crippen LogP contribution is -2.48. The van der Waals surface area contributed by atoms with Crippen LogP contribution in [-0.2, 0) is 22.5 Å². The lowest BCUT2D eigenvalue weighted by molar-refractivity contribution is -0.134. The van der Waals surface area contributed by atoms with Crippen molar-refractivity contribution in [3.63, 3.8) is 0 Å². The van der Waals surface area contributed by atoms with Crippen molar-refractivity contribution in [2.75, 3.05) is 32.5 Å². The zero-order valence-corrected chi connectivity index (χ0v) is 15.0. The third kappa shape index (κ3) is 5.47. The number of nitrogens with one attached hydrogen (secondary N) is 2. The van der Waals surface area contributed by atoms with Crippen LogP contribution in [0, 0.1) is 5.92 Å². The van der Waals surface area contributed by atoms with Gasteiger partial charge in [0.05, 0.1) is 6.61 Å². The van der Waals surface area contributed by atoms with Gasteiger partial charge in [-0.05, 0) is 18.6 Å². The highest BCUT2D eigenvalue weighted by molar-refractivity contribution is 7.98. The minimum Gasteiger partial charge on any atom is -0.366 e. The van der Waals surface area contributed by atoms with Crippen LogP contribution in [0.2, 0.25) is 0 Å². The van der Waals surface area contributed by atoms with Gasteiger partial charge in [-0.2, -0.15) is 0 Å². The van der Waals surface area contributed by atoms with Gasteiger partial charge in [-0.15, -0.1) is 10.2 Å². The topological polar surface area (TPSA) is 81.1 Å². The summed E-state index contributed by atoms with van der Waals surface area (Å²) in [4.78, 5) is 12.0. The Kier molecular flexibility index (Phi) is 7.32. The van der Waals surface area contributed by atoms with Gasteiger partial charge in [-0.3, -0.25) is 4.79 Å². The summed E-state index contributed by atoms with van der Waals surface area (Å²) in [5.41, 5.74) is 0. The Balaban J connectivity index is 1.77. The number of hydrogen-bond acceptors (Lipinski definition) is 6. The van der Waals surface area contributed by atoms with Gasteiger partial charge in [-0.25, -0.2) is 0 Å². The number of carbonyl (C=O) groups is 1. The molecule has 1 fully saturated rings. The molecule has 1 aliphatic rings. The molecule has 2 heterocycles. The fraction of sp³-hybridized carbons (Fsp3) is 0.800. The molecule has 0 aliphatic carbocycles. The van der Waals surface area contributed by atoms with Crippen LogP contribution in [0.3, 0.4) is 0 Å². The number of aryl methyl sites for hydroxylation is 1. The van der Waals surface area contributed by atoms with E-state index in [1.165, 1.54) is 0 Å². The largest absolute Gasteiger partial charge is 0.366 e. The van der Waals surface area contributed by atoms with Gasteiger partial charge in [0.15, 0.2) is 5.16 Å². The Bertz CT molecular complexity index is 500. The Morgan fingerprint density at radius 2 is 2.35 bits per heavy atom. The van der Waals surface area contributed by atoms with Crippen LogP contribution >= 0.6 is 11.8 Å². The standard InChI is InChI=1S/C15H27N5O2S/c1-11(2)10-20-13(18-19-15(20)23-3)5-4-6-17-14(21)12-9-16-7-8-22-12/h11-12,16H,4-10H2,1-3H3,(H,17,21). The number of amides is 1. The third-order valence-electron chi connectivity index (χ3n) is 3.62. The summed E-state index contributed by atoms with van der Waals surface area (Å²) < 4.78 is 7.62. The molecule has 23 heavy (non-hydrogen) atoms. The molecule has 1 aromatic heterocycles. The van der Waals surface area contributed by atoms with Gasteiger partial charge in [0.2, 0.25) is 5.91 Å². The second-order valence-corrected chi connectivity index (χ2v) is 6.84. The van der Waals surface area contributed by atoms with Gasteiger partial charge in [0.25, 0.3) is 0 Å². The molecule has 2 rings (SSSR count). The molecule has 1 saturated heterocycles. The summed E-state index contributed by atoms with van der Waals surface area (Å²) >= 11 is 1.62. The minimum atomic E-state index is -0.364. The van der Waals surface area contributed by atoms with Gasteiger partial charge >= 0.3 is 0 Å². The summed E-state index contributed by atoms with van der Waals surface area (Å²) in [5.74, 6) is 1.50. The maximum Gasteiger partial charge on any atom is 0.250 e. The first kappa shape index (κ1) is 18.2. The van der Waals surface area contributed by atoms with Crippen molar-refractivity contribution in [3.05, 3.63) is 5.82 Å². The van der Waals surface area contributed by atoms with E-state index in [1.807, 2.05) is 6.26 Å². The number of morpholine rings is 1. The molecule has 1 unspecified atom stereocenters. The molecule has 7 nitrogen and oxygen atoms in total. The fourth-order valence-electron chi connectivity index (χ4n) is 2.51. The summed E-state index contributed by atoms with van der Waals surface area (Å²) in [5, 5.41) is 15.6. The molecular formula is C15H27N5O2S. The van der Waals surface area contributed by atoms with Crippen molar-refractivity contribution >= 4 is 17.7 Å². The highest BCUT2D eigenvalue weighted by Crippen LogP contribution is 2.16. The molecule has 130 valence electrons. The van der Waals surface area contributed by atoms with Crippen LogP contribution in [0.4, 0.5) is 0 Å². The van der Waals surface area contributed by atoms with Crippen molar-refractivity contribution in [2.24, 2.45) is 5.92 Å². The van der Waals surface area contributed by atoms with E-state index in [4.69, 9.17) is 4.74 Å². The maximum absolute atomic E-state index is 12.0. The van der Waals surface area contributed by atoms with Crippen molar-refractivity contribution in [1.29, 1.82) is 0 Å². The maximum atomic E-state index is 12.0.